The minimum absolute atomic E-state index is 0.146. The normalized spacial score (nSPS) is 17.3. The van der Waals surface area contributed by atoms with Crippen LogP contribution in [0.4, 0.5) is 23.1 Å². The fourth-order valence-electron chi connectivity index (χ4n) is 4.99. The highest BCUT2D eigenvalue weighted by molar-refractivity contribution is 5.66. The van der Waals surface area contributed by atoms with E-state index < -0.39 is 0 Å². The third-order valence-electron chi connectivity index (χ3n) is 6.98. The molecule has 10 nitrogen and oxygen atoms in total. The number of pyridine rings is 1. The molecule has 0 unspecified atom stereocenters. The number of aryl methyl sites for hydroxylation is 1. The number of morpholine rings is 1. The van der Waals surface area contributed by atoms with E-state index in [2.05, 4.69) is 37.0 Å². The van der Waals surface area contributed by atoms with Crippen molar-refractivity contribution in [3.05, 3.63) is 82.2 Å². The lowest BCUT2D eigenvalue weighted by Crippen LogP contribution is -2.45. The SMILES string of the molecule is Cc1cc(N2CCc3nc(-c4ccc(Nc5cccc(=O)[nH]5)cc4)nc(N4CCOC[C@@H]4C)c3C2)ncn1. The first kappa shape index (κ1) is 24.1. The van der Waals surface area contributed by atoms with Crippen LogP contribution < -0.4 is 20.7 Å². The number of aromatic nitrogens is 5. The number of anilines is 4. The largest absolute Gasteiger partial charge is 0.377 e. The summed E-state index contributed by atoms with van der Waals surface area (Å²) in [5, 5.41) is 3.23. The van der Waals surface area contributed by atoms with Gasteiger partial charge in [-0.05, 0) is 44.2 Å². The van der Waals surface area contributed by atoms with Crippen molar-refractivity contribution in [3.8, 4) is 11.4 Å². The lowest BCUT2D eigenvalue weighted by Gasteiger charge is -2.38. The summed E-state index contributed by atoms with van der Waals surface area (Å²) in [4.78, 5) is 38.0. The van der Waals surface area contributed by atoms with Crippen molar-refractivity contribution in [3.63, 3.8) is 0 Å². The lowest BCUT2D eigenvalue weighted by atomic mass is 10.0. The summed E-state index contributed by atoms with van der Waals surface area (Å²) in [7, 11) is 0. The van der Waals surface area contributed by atoms with Crippen LogP contribution in [-0.2, 0) is 17.7 Å². The molecule has 0 radical (unpaired) electrons. The molecule has 1 aromatic carbocycles. The van der Waals surface area contributed by atoms with Crippen LogP contribution in [0.15, 0.2) is 59.7 Å². The molecule has 194 valence electrons. The molecule has 0 bridgehead atoms. The Morgan fingerprint density at radius 1 is 1.08 bits per heavy atom. The number of ether oxygens (including phenoxy) is 1. The number of fused-ring (bicyclic) bond motifs is 1. The van der Waals surface area contributed by atoms with Crippen molar-refractivity contribution < 1.29 is 4.74 Å². The summed E-state index contributed by atoms with van der Waals surface area (Å²) in [6.45, 7) is 7.82. The number of nitrogens with one attached hydrogen (secondary N) is 2. The van der Waals surface area contributed by atoms with Gasteiger partial charge < -0.3 is 24.8 Å². The van der Waals surface area contributed by atoms with Gasteiger partial charge in [0.15, 0.2) is 5.82 Å². The van der Waals surface area contributed by atoms with Crippen LogP contribution in [0.1, 0.15) is 23.9 Å². The van der Waals surface area contributed by atoms with E-state index in [4.69, 9.17) is 14.7 Å². The average molecular weight is 511 g/mol. The van der Waals surface area contributed by atoms with Gasteiger partial charge in [-0.15, -0.1) is 0 Å². The number of nitrogens with zero attached hydrogens (tertiary/aromatic N) is 6. The summed E-state index contributed by atoms with van der Waals surface area (Å²) >= 11 is 0. The molecule has 0 aliphatic carbocycles. The first-order valence-corrected chi connectivity index (χ1v) is 12.9. The molecule has 5 heterocycles. The minimum Gasteiger partial charge on any atom is -0.377 e. The second kappa shape index (κ2) is 10.2. The van der Waals surface area contributed by atoms with E-state index in [1.165, 1.54) is 6.07 Å². The van der Waals surface area contributed by atoms with E-state index >= 15 is 0 Å². The van der Waals surface area contributed by atoms with E-state index in [9.17, 15) is 4.79 Å². The zero-order valence-electron chi connectivity index (χ0n) is 21.5. The maximum atomic E-state index is 11.6. The number of rotatable bonds is 5. The highest BCUT2D eigenvalue weighted by Gasteiger charge is 2.29. The van der Waals surface area contributed by atoms with Gasteiger partial charge in [0, 0.05) is 60.7 Å². The Bertz CT molecular complexity index is 1500. The monoisotopic (exact) mass is 510 g/mol. The molecule has 0 saturated carbocycles. The second-order valence-electron chi connectivity index (χ2n) is 9.73. The summed E-state index contributed by atoms with van der Waals surface area (Å²) in [6.07, 6.45) is 2.43. The van der Waals surface area contributed by atoms with Crippen LogP contribution in [0.3, 0.4) is 0 Å². The molecule has 4 aromatic rings. The van der Waals surface area contributed by atoms with E-state index in [-0.39, 0.29) is 11.6 Å². The van der Waals surface area contributed by atoms with E-state index in [1.54, 1.807) is 12.4 Å². The van der Waals surface area contributed by atoms with Gasteiger partial charge in [-0.25, -0.2) is 19.9 Å². The first-order valence-electron chi connectivity index (χ1n) is 12.9. The highest BCUT2D eigenvalue weighted by atomic mass is 16.5. The molecule has 0 amide bonds. The molecule has 1 fully saturated rings. The van der Waals surface area contributed by atoms with Crippen LogP contribution in [-0.4, -0.2) is 57.3 Å². The van der Waals surface area contributed by atoms with Crippen molar-refractivity contribution in [2.45, 2.75) is 32.9 Å². The van der Waals surface area contributed by atoms with E-state index in [0.29, 0.717) is 31.4 Å². The summed E-state index contributed by atoms with van der Waals surface area (Å²) in [5.74, 6) is 3.25. The van der Waals surface area contributed by atoms with Crippen molar-refractivity contribution in [1.29, 1.82) is 0 Å². The van der Waals surface area contributed by atoms with Crippen LogP contribution in [0.25, 0.3) is 11.4 Å². The topological polar surface area (TPSA) is 112 Å². The maximum Gasteiger partial charge on any atom is 0.249 e. The zero-order chi connectivity index (χ0) is 26.1. The molecule has 10 heteroatoms. The predicted octanol–water partition coefficient (Wildman–Crippen LogP) is 3.46. The van der Waals surface area contributed by atoms with Crippen molar-refractivity contribution in [2.75, 3.05) is 41.4 Å². The molecule has 38 heavy (non-hydrogen) atoms. The summed E-state index contributed by atoms with van der Waals surface area (Å²) < 4.78 is 5.72. The molecule has 6 rings (SSSR count). The van der Waals surface area contributed by atoms with Gasteiger partial charge in [-0.2, -0.15) is 0 Å². The van der Waals surface area contributed by atoms with Crippen LogP contribution in [0, 0.1) is 6.92 Å². The van der Waals surface area contributed by atoms with Crippen LogP contribution in [0.2, 0.25) is 0 Å². The Morgan fingerprint density at radius 3 is 2.74 bits per heavy atom. The Hall–Kier alpha value is -4.31. The van der Waals surface area contributed by atoms with Crippen molar-refractivity contribution in [1.82, 2.24) is 24.9 Å². The molecule has 3 aromatic heterocycles. The van der Waals surface area contributed by atoms with E-state index in [1.807, 2.05) is 43.3 Å². The van der Waals surface area contributed by atoms with Crippen LogP contribution in [0.5, 0.6) is 0 Å². The predicted molar refractivity (Wildman–Crippen MR) is 147 cm³/mol. The molecule has 0 spiro atoms. The fourth-order valence-corrected chi connectivity index (χ4v) is 4.99. The zero-order valence-corrected chi connectivity index (χ0v) is 21.5. The summed E-state index contributed by atoms with van der Waals surface area (Å²) in [5.41, 5.74) is 4.84. The Balaban J connectivity index is 1.34. The average Bonchev–Trinajstić information content (AvgIpc) is 2.93. The number of H-pyrrole nitrogens is 1. The van der Waals surface area contributed by atoms with Gasteiger partial charge in [-0.1, -0.05) is 6.07 Å². The van der Waals surface area contributed by atoms with Gasteiger partial charge >= 0.3 is 0 Å². The van der Waals surface area contributed by atoms with Gasteiger partial charge in [0.2, 0.25) is 5.56 Å². The smallest absolute Gasteiger partial charge is 0.249 e. The Kier molecular flexibility index (Phi) is 6.47. The number of hydrogen-bond acceptors (Lipinski definition) is 9. The lowest BCUT2D eigenvalue weighted by molar-refractivity contribution is 0.0984. The molecule has 1 atom stereocenters. The van der Waals surface area contributed by atoms with Crippen LogP contribution >= 0.6 is 0 Å². The van der Waals surface area contributed by atoms with Crippen molar-refractivity contribution in [2.24, 2.45) is 0 Å². The highest BCUT2D eigenvalue weighted by Crippen LogP contribution is 2.33. The van der Waals surface area contributed by atoms with Gasteiger partial charge in [0.1, 0.15) is 23.8 Å². The Morgan fingerprint density at radius 2 is 1.95 bits per heavy atom. The number of benzene rings is 1. The molecule has 1 saturated heterocycles. The van der Waals surface area contributed by atoms with E-state index in [0.717, 1.165) is 59.3 Å². The molecular formula is C28H30N8O2. The third kappa shape index (κ3) is 4.95. The Labute approximate surface area is 220 Å². The van der Waals surface area contributed by atoms with Gasteiger partial charge in [0.25, 0.3) is 0 Å². The number of hydrogen-bond donors (Lipinski definition) is 2. The molecular weight excluding hydrogens is 480 g/mol. The summed E-state index contributed by atoms with van der Waals surface area (Å²) in [6, 6.07) is 15.2. The van der Waals surface area contributed by atoms with Crippen molar-refractivity contribution >= 4 is 23.1 Å². The molecule has 2 aliphatic rings. The maximum absolute atomic E-state index is 11.6. The fraction of sp³-hybridized carbons (Fsp3) is 0.321. The molecule has 2 aliphatic heterocycles. The third-order valence-corrected chi connectivity index (χ3v) is 6.98. The quantitative estimate of drug-likeness (QED) is 0.417. The second-order valence-corrected chi connectivity index (χ2v) is 9.73. The minimum atomic E-state index is -0.146. The standard InChI is InChI=1S/C28H30N8O2/c1-18-14-25(30-17-29-18)35-11-10-23-22(15-35)28(36-12-13-38-16-19(36)2)34-27(32-23)20-6-8-21(9-7-20)31-24-4-3-5-26(37)33-24/h3-9,14,17,19H,10-13,15-16H2,1-2H3,(H2,31,33,37)/t19-/m0/s1. The van der Waals surface area contributed by atoms with Gasteiger partial charge in [-0.3, -0.25) is 4.79 Å². The number of aromatic amines is 1. The molecule has 2 N–H and O–H groups in total. The first-order chi connectivity index (χ1) is 18.5. The van der Waals surface area contributed by atoms with Gasteiger partial charge in [0.05, 0.1) is 24.9 Å².